The summed E-state index contributed by atoms with van der Waals surface area (Å²) in [5.74, 6) is -0.554. The number of urea groups is 1. The maximum absolute atomic E-state index is 11.5. The van der Waals surface area contributed by atoms with E-state index in [1.54, 1.807) is 0 Å². The van der Waals surface area contributed by atoms with E-state index in [0.717, 1.165) is 0 Å². The third-order valence-corrected chi connectivity index (χ3v) is 1.91. The molecule has 1 heterocycles. The highest BCUT2D eigenvalue weighted by Gasteiger charge is 2.17. The average Bonchev–Trinajstić information content (AvgIpc) is 2.69. The molecule has 0 unspecified atom stereocenters. The molecule has 1 atom stereocenters. The molecule has 3 N–H and O–H groups in total. The fraction of sp³-hybridized carbons (Fsp3) is 0.500. The highest BCUT2D eigenvalue weighted by atomic mass is 16.4. The molecule has 8 heteroatoms. The summed E-state index contributed by atoms with van der Waals surface area (Å²) in [6, 6.07) is -1.41. The maximum Gasteiger partial charge on any atom is 0.325 e. The second-order valence-electron chi connectivity index (χ2n) is 3.30. The molecule has 0 spiro atoms. The Balaban J connectivity index is 2.45. The highest BCUT2D eigenvalue weighted by molar-refractivity contribution is 5.81. The minimum absolute atomic E-state index is 0.234. The second-order valence-corrected chi connectivity index (χ2v) is 3.30. The van der Waals surface area contributed by atoms with Gasteiger partial charge < -0.3 is 15.3 Å². The van der Waals surface area contributed by atoms with Crippen LogP contribution in [0.4, 0.5) is 4.79 Å². The minimum atomic E-state index is -1.08. The van der Waals surface area contributed by atoms with Crippen molar-refractivity contribution in [3.05, 3.63) is 12.2 Å². The quantitative estimate of drug-likeness (QED) is 0.637. The lowest BCUT2D eigenvalue weighted by Gasteiger charge is -2.18. The number of hydrogen-bond donors (Lipinski definition) is 3. The van der Waals surface area contributed by atoms with E-state index in [4.69, 9.17) is 5.11 Å². The van der Waals surface area contributed by atoms with Crippen LogP contribution in [0.15, 0.2) is 6.33 Å². The van der Waals surface area contributed by atoms with Crippen LogP contribution in [0, 0.1) is 0 Å². The molecule has 0 bridgehead atoms. The van der Waals surface area contributed by atoms with Crippen LogP contribution in [0.5, 0.6) is 0 Å². The van der Waals surface area contributed by atoms with E-state index in [9.17, 15) is 9.59 Å². The first-order valence-electron chi connectivity index (χ1n) is 4.59. The first-order valence-corrected chi connectivity index (χ1v) is 4.59. The van der Waals surface area contributed by atoms with Crippen molar-refractivity contribution in [2.24, 2.45) is 0 Å². The van der Waals surface area contributed by atoms with Gasteiger partial charge in [-0.1, -0.05) is 0 Å². The van der Waals surface area contributed by atoms with Gasteiger partial charge in [0.1, 0.15) is 18.2 Å². The van der Waals surface area contributed by atoms with E-state index < -0.39 is 18.0 Å². The van der Waals surface area contributed by atoms with Gasteiger partial charge in [0.05, 0.1) is 6.54 Å². The van der Waals surface area contributed by atoms with Gasteiger partial charge in [0.15, 0.2) is 0 Å². The largest absolute Gasteiger partial charge is 0.480 e. The summed E-state index contributed by atoms with van der Waals surface area (Å²) < 4.78 is 0. The Kier molecular flexibility index (Phi) is 3.81. The fourth-order valence-corrected chi connectivity index (χ4v) is 0.961. The Morgan fingerprint density at radius 1 is 1.69 bits per heavy atom. The molecule has 88 valence electrons. The monoisotopic (exact) mass is 227 g/mol. The molecule has 0 aromatic carbocycles. The lowest BCUT2D eigenvalue weighted by Crippen LogP contribution is -2.44. The van der Waals surface area contributed by atoms with E-state index in [2.05, 4.69) is 20.5 Å². The van der Waals surface area contributed by atoms with Crippen LogP contribution >= 0.6 is 0 Å². The maximum atomic E-state index is 11.5. The summed E-state index contributed by atoms with van der Waals surface area (Å²) in [5.41, 5.74) is 0. The number of nitrogens with zero attached hydrogens (tertiary/aromatic N) is 3. The van der Waals surface area contributed by atoms with Gasteiger partial charge in [-0.05, 0) is 6.92 Å². The van der Waals surface area contributed by atoms with Crippen molar-refractivity contribution in [1.29, 1.82) is 0 Å². The predicted molar refractivity (Wildman–Crippen MR) is 53.5 cm³/mol. The van der Waals surface area contributed by atoms with Gasteiger partial charge in [0, 0.05) is 7.05 Å². The lowest BCUT2D eigenvalue weighted by molar-refractivity contribution is -0.138. The normalized spacial score (nSPS) is 11.9. The van der Waals surface area contributed by atoms with Gasteiger partial charge in [-0.15, -0.1) is 0 Å². The zero-order chi connectivity index (χ0) is 12.1. The molecule has 0 saturated carbocycles. The van der Waals surface area contributed by atoms with Crippen LogP contribution in [0.25, 0.3) is 0 Å². The first-order chi connectivity index (χ1) is 7.50. The third kappa shape index (κ3) is 3.23. The van der Waals surface area contributed by atoms with Crippen LogP contribution in [-0.2, 0) is 11.3 Å². The van der Waals surface area contributed by atoms with E-state index in [1.807, 2.05) is 0 Å². The molecule has 1 rings (SSSR count). The molecule has 0 fully saturated rings. The molecule has 8 nitrogen and oxygen atoms in total. The third-order valence-electron chi connectivity index (χ3n) is 1.91. The summed E-state index contributed by atoms with van der Waals surface area (Å²) in [4.78, 5) is 27.1. The molecule has 1 aromatic heterocycles. The molecule has 16 heavy (non-hydrogen) atoms. The van der Waals surface area contributed by atoms with Crippen molar-refractivity contribution in [2.45, 2.75) is 19.5 Å². The zero-order valence-electron chi connectivity index (χ0n) is 8.97. The van der Waals surface area contributed by atoms with Gasteiger partial charge in [-0.25, -0.2) is 9.78 Å². The summed E-state index contributed by atoms with van der Waals surface area (Å²) in [5, 5.41) is 17.2. The smallest absolute Gasteiger partial charge is 0.325 e. The molecular formula is C8H13N5O3. The SMILES string of the molecule is C[C@@H](NC(=O)N(C)Cc1ncn[nH]1)C(=O)O. The van der Waals surface area contributed by atoms with Crippen molar-refractivity contribution in [1.82, 2.24) is 25.4 Å². The first kappa shape index (κ1) is 12.0. The number of hydrogen-bond acceptors (Lipinski definition) is 4. The average molecular weight is 227 g/mol. The Hall–Kier alpha value is -2.12. The zero-order valence-corrected chi connectivity index (χ0v) is 8.97. The minimum Gasteiger partial charge on any atom is -0.480 e. The van der Waals surface area contributed by atoms with Crippen LogP contribution in [0.2, 0.25) is 0 Å². The van der Waals surface area contributed by atoms with Gasteiger partial charge in [0.25, 0.3) is 0 Å². The van der Waals surface area contributed by atoms with Crippen molar-refractivity contribution in [2.75, 3.05) is 7.05 Å². The van der Waals surface area contributed by atoms with Crippen LogP contribution in [0.3, 0.4) is 0 Å². The molecule has 0 aliphatic rings. The van der Waals surface area contributed by atoms with Gasteiger partial charge in [-0.2, -0.15) is 5.10 Å². The number of carboxylic acid groups (broad SMARTS) is 1. The molecule has 0 aliphatic heterocycles. The summed E-state index contributed by atoms with van der Waals surface area (Å²) >= 11 is 0. The molecule has 0 saturated heterocycles. The summed E-state index contributed by atoms with van der Waals surface area (Å²) in [6.07, 6.45) is 1.33. The van der Waals surface area contributed by atoms with E-state index >= 15 is 0 Å². The van der Waals surface area contributed by atoms with Crippen molar-refractivity contribution >= 4 is 12.0 Å². The molecule has 2 amide bonds. The Labute approximate surface area is 91.7 Å². The fourth-order valence-electron chi connectivity index (χ4n) is 0.961. The number of aromatic amines is 1. The van der Waals surface area contributed by atoms with E-state index in [1.165, 1.54) is 25.2 Å². The number of carbonyl (C=O) groups excluding carboxylic acids is 1. The topological polar surface area (TPSA) is 111 Å². The van der Waals surface area contributed by atoms with Gasteiger partial charge >= 0.3 is 12.0 Å². The molecule has 0 aliphatic carbocycles. The Morgan fingerprint density at radius 2 is 2.38 bits per heavy atom. The number of nitrogens with one attached hydrogen (secondary N) is 2. The number of H-pyrrole nitrogens is 1. The number of carbonyl (C=O) groups is 2. The standard InChI is InChI=1S/C8H13N5O3/c1-5(7(14)15)11-8(16)13(2)3-6-9-4-10-12-6/h4-5H,3H2,1-2H3,(H,11,16)(H,14,15)(H,9,10,12)/t5-/m1/s1. The van der Waals surface area contributed by atoms with Crippen LogP contribution < -0.4 is 5.32 Å². The number of rotatable bonds is 4. The number of amides is 2. The Morgan fingerprint density at radius 3 is 2.88 bits per heavy atom. The number of carboxylic acids is 1. The predicted octanol–water partition coefficient (Wildman–Crippen LogP) is -0.581. The van der Waals surface area contributed by atoms with E-state index in [-0.39, 0.29) is 6.54 Å². The van der Waals surface area contributed by atoms with E-state index in [0.29, 0.717) is 5.82 Å². The lowest BCUT2D eigenvalue weighted by atomic mass is 10.3. The van der Waals surface area contributed by atoms with Gasteiger partial charge in [-0.3, -0.25) is 9.89 Å². The summed E-state index contributed by atoms with van der Waals surface area (Å²) in [6.45, 7) is 1.63. The van der Waals surface area contributed by atoms with Crippen molar-refractivity contribution < 1.29 is 14.7 Å². The van der Waals surface area contributed by atoms with Crippen molar-refractivity contribution in [3.63, 3.8) is 0 Å². The summed E-state index contributed by atoms with van der Waals surface area (Å²) in [7, 11) is 1.53. The molecule has 1 aromatic rings. The van der Waals surface area contributed by atoms with Crippen molar-refractivity contribution in [3.8, 4) is 0 Å². The number of aromatic nitrogens is 3. The van der Waals surface area contributed by atoms with Crippen LogP contribution in [0.1, 0.15) is 12.7 Å². The second kappa shape index (κ2) is 5.10. The highest BCUT2D eigenvalue weighted by Crippen LogP contribution is 1.95. The Bertz CT molecular complexity index is 364. The molecule has 0 radical (unpaired) electrons. The van der Waals surface area contributed by atoms with Crippen LogP contribution in [-0.4, -0.2) is 50.3 Å². The number of aliphatic carboxylic acids is 1. The van der Waals surface area contributed by atoms with Gasteiger partial charge in [0.2, 0.25) is 0 Å². The molecular weight excluding hydrogens is 214 g/mol.